The Morgan fingerprint density at radius 1 is 1.43 bits per heavy atom. The maximum absolute atomic E-state index is 11.6. The van der Waals surface area contributed by atoms with E-state index in [2.05, 4.69) is 5.32 Å². The van der Waals surface area contributed by atoms with Gasteiger partial charge in [0.1, 0.15) is 5.78 Å². The lowest BCUT2D eigenvalue weighted by atomic mass is 9.74. The predicted molar refractivity (Wildman–Crippen MR) is 58.5 cm³/mol. The molecule has 0 bridgehead atoms. The van der Waals surface area contributed by atoms with Crippen LogP contribution in [0.5, 0.6) is 0 Å². The Kier molecular flexibility index (Phi) is 3.56. The molecule has 0 aromatic carbocycles. The van der Waals surface area contributed by atoms with Gasteiger partial charge < -0.3 is 11.1 Å². The molecule has 1 saturated heterocycles. The molecule has 0 amide bonds. The van der Waals surface area contributed by atoms with Gasteiger partial charge in [0.25, 0.3) is 0 Å². The van der Waals surface area contributed by atoms with Crippen LogP contribution in [-0.4, -0.2) is 24.9 Å². The van der Waals surface area contributed by atoms with Gasteiger partial charge in [-0.2, -0.15) is 0 Å². The molecule has 3 nitrogen and oxygen atoms in total. The number of carbonyl (C=O) groups excluding carboxylic acids is 1. The van der Waals surface area contributed by atoms with E-state index in [0.717, 1.165) is 32.4 Å². The van der Waals surface area contributed by atoms with Crippen molar-refractivity contribution in [2.24, 2.45) is 17.1 Å². The molecule has 1 saturated carbocycles. The van der Waals surface area contributed by atoms with Gasteiger partial charge in [-0.1, -0.05) is 6.92 Å². The third-order valence-corrected chi connectivity index (χ3v) is 3.88. The Labute approximate surface area is 91.2 Å². The van der Waals surface area contributed by atoms with Crippen molar-refractivity contribution in [1.29, 1.82) is 0 Å². The summed E-state index contributed by atoms with van der Waals surface area (Å²) < 4.78 is 0. The van der Waals surface area contributed by atoms with E-state index in [1.165, 1.54) is 0 Å². The molecule has 1 aliphatic heterocycles. The van der Waals surface area contributed by atoms with Crippen LogP contribution in [0.25, 0.3) is 0 Å². The smallest absolute Gasteiger partial charge is 0.137 e. The molecular weight excluding hydrogens is 200 g/mol. The summed E-state index contributed by atoms with van der Waals surface area (Å²) in [5.74, 6) is 0.451. The van der Waals surface area contributed by atoms with Crippen molar-refractivity contribution in [2.45, 2.75) is 32.2 Å². The molecule has 1 aliphatic carbocycles. The van der Waals surface area contributed by atoms with Crippen molar-refractivity contribution < 1.29 is 4.79 Å². The summed E-state index contributed by atoms with van der Waals surface area (Å²) in [6, 6.07) is 0.0992. The highest BCUT2D eigenvalue weighted by molar-refractivity contribution is 5.85. The molecule has 2 rings (SSSR count). The first-order chi connectivity index (χ1) is 6.16. The molecule has 1 heterocycles. The third kappa shape index (κ3) is 1.69. The van der Waals surface area contributed by atoms with Crippen LogP contribution in [0.15, 0.2) is 0 Å². The van der Waals surface area contributed by atoms with E-state index >= 15 is 0 Å². The number of carbonyl (C=O) groups is 1. The number of halogens is 1. The average molecular weight is 219 g/mol. The van der Waals surface area contributed by atoms with Gasteiger partial charge in [0, 0.05) is 18.4 Å². The lowest BCUT2D eigenvalue weighted by Gasteiger charge is -2.37. The van der Waals surface area contributed by atoms with Crippen molar-refractivity contribution in [3.8, 4) is 0 Å². The summed E-state index contributed by atoms with van der Waals surface area (Å²) in [5.41, 5.74) is 6.27. The number of hydrogen-bond acceptors (Lipinski definition) is 3. The van der Waals surface area contributed by atoms with E-state index in [1.54, 1.807) is 0 Å². The fourth-order valence-electron chi connectivity index (χ4n) is 2.79. The monoisotopic (exact) mass is 218 g/mol. The fraction of sp³-hybridized carbons (Fsp3) is 0.900. The fourth-order valence-corrected chi connectivity index (χ4v) is 2.79. The maximum Gasteiger partial charge on any atom is 0.137 e. The van der Waals surface area contributed by atoms with Crippen LogP contribution in [0.2, 0.25) is 0 Å². The van der Waals surface area contributed by atoms with Crippen molar-refractivity contribution in [3.05, 3.63) is 0 Å². The van der Waals surface area contributed by atoms with E-state index in [9.17, 15) is 4.79 Å². The highest BCUT2D eigenvalue weighted by atomic mass is 35.5. The van der Waals surface area contributed by atoms with Gasteiger partial charge >= 0.3 is 0 Å². The standard InChI is InChI=1S/C10H18N2O.ClH/c1-7-8(13)6-10(9(7)11)2-4-12-5-3-10;/h7,9,12H,2-6,11H2,1H3;1H/t7-,9-;/m0./s1. The minimum Gasteiger partial charge on any atom is -0.327 e. The number of hydrogen-bond donors (Lipinski definition) is 2. The molecule has 0 aromatic rings. The van der Waals surface area contributed by atoms with Crippen molar-refractivity contribution in [2.75, 3.05) is 13.1 Å². The zero-order valence-corrected chi connectivity index (χ0v) is 9.40. The molecule has 0 aromatic heterocycles. The lowest BCUT2D eigenvalue weighted by molar-refractivity contribution is -0.120. The summed E-state index contributed by atoms with van der Waals surface area (Å²) in [6.45, 7) is 4.02. The van der Waals surface area contributed by atoms with E-state index in [4.69, 9.17) is 5.73 Å². The van der Waals surface area contributed by atoms with Crippen LogP contribution < -0.4 is 11.1 Å². The van der Waals surface area contributed by atoms with Gasteiger partial charge in [-0.05, 0) is 31.3 Å². The van der Waals surface area contributed by atoms with Crippen LogP contribution in [0.1, 0.15) is 26.2 Å². The highest BCUT2D eigenvalue weighted by Gasteiger charge is 2.49. The van der Waals surface area contributed by atoms with Crippen LogP contribution in [0.3, 0.4) is 0 Å². The van der Waals surface area contributed by atoms with E-state index in [1.807, 2.05) is 6.92 Å². The predicted octanol–water partition coefficient (Wildman–Crippen LogP) is 0.714. The molecule has 14 heavy (non-hydrogen) atoms. The Morgan fingerprint density at radius 2 is 2.00 bits per heavy atom. The van der Waals surface area contributed by atoms with Crippen LogP contribution in [0, 0.1) is 11.3 Å². The van der Waals surface area contributed by atoms with Gasteiger partial charge in [-0.25, -0.2) is 0 Å². The molecule has 2 atom stereocenters. The van der Waals surface area contributed by atoms with Crippen molar-refractivity contribution >= 4 is 18.2 Å². The number of Topliss-reactive ketones (excluding diaryl/α,β-unsaturated/α-hetero) is 1. The molecule has 0 unspecified atom stereocenters. The number of piperidine rings is 1. The number of nitrogens with two attached hydrogens (primary N) is 1. The maximum atomic E-state index is 11.6. The zero-order valence-electron chi connectivity index (χ0n) is 8.58. The van der Waals surface area contributed by atoms with Crippen molar-refractivity contribution in [3.63, 3.8) is 0 Å². The number of nitrogens with one attached hydrogen (secondary N) is 1. The third-order valence-electron chi connectivity index (χ3n) is 3.88. The van der Waals surface area contributed by atoms with Crippen LogP contribution in [0.4, 0.5) is 0 Å². The van der Waals surface area contributed by atoms with Crippen molar-refractivity contribution in [1.82, 2.24) is 5.32 Å². The summed E-state index contributed by atoms with van der Waals surface area (Å²) in [5, 5.41) is 3.32. The van der Waals surface area contributed by atoms with Crippen LogP contribution >= 0.6 is 12.4 Å². The van der Waals surface area contributed by atoms with Gasteiger partial charge in [-0.15, -0.1) is 12.4 Å². The second-order valence-corrected chi connectivity index (χ2v) is 4.57. The Balaban J connectivity index is 0.000000980. The molecule has 4 heteroatoms. The Bertz CT molecular complexity index is 226. The summed E-state index contributed by atoms with van der Waals surface area (Å²) in [4.78, 5) is 11.6. The second kappa shape index (κ2) is 4.17. The lowest BCUT2D eigenvalue weighted by Crippen LogP contribution is -2.46. The molecule has 82 valence electrons. The first kappa shape index (κ1) is 12.0. The normalized spacial score (nSPS) is 35.7. The Hall–Kier alpha value is -0.120. The molecule has 2 fully saturated rings. The molecule has 0 radical (unpaired) electrons. The second-order valence-electron chi connectivity index (χ2n) is 4.57. The largest absolute Gasteiger partial charge is 0.327 e. The SMILES string of the molecule is C[C@H]1C(=O)CC2(CCNCC2)[C@H]1N.Cl. The van der Waals surface area contributed by atoms with Crippen LogP contribution in [-0.2, 0) is 4.79 Å². The first-order valence-electron chi connectivity index (χ1n) is 5.15. The van der Waals surface area contributed by atoms with E-state index in [0.29, 0.717) is 5.78 Å². The van der Waals surface area contributed by atoms with Gasteiger partial charge in [0.2, 0.25) is 0 Å². The minimum absolute atomic E-state index is 0. The highest BCUT2D eigenvalue weighted by Crippen LogP contribution is 2.44. The molecule has 3 N–H and O–H groups in total. The quantitative estimate of drug-likeness (QED) is 0.630. The molecular formula is C10H19ClN2O. The summed E-state index contributed by atoms with van der Waals surface area (Å²) in [6.07, 6.45) is 2.87. The summed E-state index contributed by atoms with van der Waals surface area (Å²) in [7, 11) is 0. The number of rotatable bonds is 0. The van der Waals surface area contributed by atoms with E-state index in [-0.39, 0.29) is 29.8 Å². The Morgan fingerprint density at radius 3 is 2.43 bits per heavy atom. The zero-order chi connectivity index (χ0) is 9.47. The van der Waals surface area contributed by atoms with E-state index < -0.39 is 0 Å². The molecule has 2 aliphatic rings. The van der Waals surface area contributed by atoms with Gasteiger partial charge in [-0.3, -0.25) is 4.79 Å². The number of ketones is 1. The molecule has 1 spiro atoms. The summed E-state index contributed by atoms with van der Waals surface area (Å²) >= 11 is 0. The van der Waals surface area contributed by atoms with Gasteiger partial charge in [0.15, 0.2) is 0 Å². The minimum atomic E-state index is 0. The average Bonchev–Trinajstić information content (AvgIpc) is 2.33. The van der Waals surface area contributed by atoms with Gasteiger partial charge in [0.05, 0.1) is 0 Å². The topological polar surface area (TPSA) is 55.1 Å². The first-order valence-corrected chi connectivity index (χ1v) is 5.15.